The van der Waals surface area contributed by atoms with E-state index in [-0.39, 0.29) is 17.0 Å². The summed E-state index contributed by atoms with van der Waals surface area (Å²) < 4.78 is 38.9. The van der Waals surface area contributed by atoms with Crippen molar-refractivity contribution in [1.82, 2.24) is 4.57 Å². The monoisotopic (exact) mass is 323 g/mol. The van der Waals surface area contributed by atoms with E-state index >= 15 is 0 Å². The minimum atomic E-state index is -1.25. The quantitative estimate of drug-likeness (QED) is 0.871. The lowest BCUT2D eigenvalue weighted by molar-refractivity contribution is 0.141. The fraction of sp³-hybridized carbons (Fsp3) is 0.375. The number of nitrogens with zero attached hydrogens (tertiary/aromatic N) is 1. The van der Waals surface area contributed by atoms with Gasteiger partial charge in [-0.3, -0.25) is 4.79 Å². The van der Waals surface area contributed by atoms with Gasteiger partial charge in [-0.1, -0.05) is 6.92 Å². The van der Waals surface area contributed by atoms with Gasteiger partial charge in [0.25, 0.3) is 0 Å². The van der Waals surface area contributed by atoms with E-state index in [2.05, 4.69) is 0 Å². The lowest BCUT2D eigenvalue weighted by Crippen LogP contribution is -2.22. The molecular formula is C16H15F2NO4. The lowest BCUT2D eigenvalue weighted by Gasteiger charge is -2.15. The number of ether oxygens (including phenoxy) is 2. The average Bonchev–Trinajstić information content (AvgIpc) is 3.33. The number of aryl methyl sites for hydroxylation is 1. The third kappa shape index (κ3) is 2.56. The molecule has 23 heavy (non-hydrogen) atoms. The predicted octanol–water partition coefficient (Wildman–Crippen LogP) is 3.00. The van der Waals surface area contributed by atoms with Gasteiger partial charge in [0.1, 0.15) is 11.6 Å². The van der Waals surface area contributed by atoms with E-state index in [1.165, 1.54) is 6.20 Å². The fourth-order valence-corrected chi connectivity index (χ4v) is 2.42. The summed E-state index contributed by atoms with van der Waals surface area (Å²) in [6, 6.07) is 0.787. The highest BCUT2D eigenvalue weighted by Gasteiger charge is 2.29. The second-order valence-corrected chi connectivity index (χ2v) is 5.39. The Morgan fingerprint density at radius 1 is 1.39 bits per heavy atom. The van der Waals surface area contributed by atoms with Crippen molar-refractivity contribution in [3.63, 3.8) is 0 Å². The summed E-state index contributed by atoms with van der Waals surface area (Å²) in [5.74, 6) is -2.95. The van der Waals surface area contributed by atoms with E-state index in [1.54, 1.807) is 6.92 Å². The molecule has 0 N–H and O–H groups in total. The molecule has 0 saturated heterocycles. The summed E-state index contributed by atoms with van der Waals surface area (Å²) in [7, 11) is 1.14. The highest BCUT2D eigenvalue weighted by Crippen LogP contribution is 2.31. The van der Waals surface area contributed by atoms with E-state index in [0.717, 1.165) is 30.6 Å². The van der Waals surface area contributed by atoms with Crippen molar-refractivity contribution in [2.75, 3.05) is 7.11 Å². The van der Waals surface area contributed by atoms with Crippen LogP contribution in [0.1, 0.15) is 25.3 Å². The second kappa shape index (κ2) is 5.64. The van der Waals surface area contributed by atoms with E-state index in [4.69, 9.17) is 9.47 Å². The Hall–Kier alpha value is -2.44. The van der Waals surface area contributed by atoms with Gasteiger partial charge in [-0.2, -0.15) is 4.39 Å². The van der Waals surface area contributed by atoms with Gasteiger partial charge < -0.3 is 9.47 Å². The first-order valence-corrected chi connectivity index (χ1v) is 7.29. The summed E-state index contributed by atoms with van der Waals surface area (Å²) in [6.07, 6.45) is 2.27. The second-order valence-electron chi connectivity index (χ2n) is 5.39. The summed E-state index contributed by atoms with van der Waals surface area (Å²) in [5, 5.41) is -0.118. The van der Waals surface area contributed by atoms with Crippen LogP contribution in [0.5, 0.6) is 5.75 Å². The number of hydrogen-bond donors (Lipinski definition) is 0. The van der Waals surface area contributed by atoms with Crippen molar-refractivity contribution in [2.24, 2.45) is 0 Å². The Kier molecular flexibility index (Phi) is 3.79. The number of carbonyl (C=O) groups is 1. The first kappa shape index (κ1) is 15.5. The molecule has 0 unspecified atom stereocenters. The molecule has 1 fully saturated rings. The number of carbonyl (C=O) groups excluding carboxylic acids is 1. The summed E-state index contributed by atoms with van der Waals surface area (Å²) in [4.78, 5) is 24.7. The Balaban J connectivity index is 2.36. The number of methoxy groups -OCH3 is 1. The van der Waals surface area contributed by atoms with Gasteiger partial charge in [0.15, 0.2) is 17.0 Å². The number of fused-ring (bicyclic) bond motifs is 1. The Labute approximate surface area is 130 Å². The number of benzene rings is 1. The highest BCUT2D eigenvalue weighted by atomic mass is 19.2. The molecule has 0 atom stereocenters. The van der Waals surface area contributed by atoms with E-state index in [9.17, 15) is 18.4 Å². The van der Waals surface area contributed by atoms with Crippen molar-refractivity contribution in [1.29, 1.82) is 0 Å². The van der Waals surface area contributed by atoms with Crippen LogP contribution in [-0.2, 0) is 11.2 Å². The molecule has 1 aliphatic carbocycles. The molecular weight excluding hydrogens is 308 g/mol. The molecule has 0 spiro atoms. The third-order valence-corrected chi connectivity index (χ3v) is 3.79. The predicted molar refractivity (Wildman–Crippen MR) is 79.0 cm³/mol. The molecule has 1 aromatic carbocycles. The molecule has 122 valence electrons. The highest BCUT2D eigenvalue weighted by molar-refractivity contribution is 5.93. The zero-order valence-electron chi connectivity index (χ0n) is 12.7. The normalized spacial score (nSPS) is 14.1. The maximum Gasteiger partial charge on any atom is 0.418 e. The van der Waals surface area contributed by atoms with E-state index < -0.39 is 28.9 Å². The molecule has 5 nitrogen and oxygen atoms in total. The van der Waals surface area contributed by atoms with Crippen LogP contribution in [0, 0.1) is 11.6 Å². The molecule has 0 aliphatic heterocycles. The third-order valence-electron chi connectivity index (χ3n) is 3.79. The van der Waals surface area contributed by atoms with Crippen molar-refractivity contribution in [3.05, 3.63) is 39.7 Å². The van der Waals surface area contributed by atoms with E-state index in [0.29, 0.717) is 12.0 Å². The van der Waals surface area contributed by atoms with Crippen LogP contribution in [-0.4, -0.2) is 23.9 Å². The molecule has 0 amide bonds. The Morgan fingerprint density at radius 2 is 2.09 bits per heavy atom. The largest absolute Gasteiger partial charge is 0.491 e. The van der Waals surface area contributed by atoms with Crippen LogP contribution in [0.3, 0.4) is 0 Å². The summed E-state index contributed by atoms with van der Waals surface area (Å²) >= 11 is 0. The van der Waals surface area contributed by atoms with Crippen LogP contribution < -0.4 is 10.2 Å². The topological polar surface area (TPSA) is 57.5 Å². The summed E-state index contributed by atoms with van der Waals surface area (Å²) in [6.45, 7) is 1.73. The SMILES string of the molecule is CCc1cn(C(=O)OC2CC2)c2c(OC)c(F)c(F)cc2c1=O. The minimum Gasteiger partial charge on any atom is -0.491 e. The molecule has 3 rings (SSSR count). The lowest BCUT2D eigenvalue weighted by atomic mass is 10.1. The van der Waals surface area contributed by atoms with E-state index in [1.807, 2.05) is 0 Å². The van der Waals surface area contributed by atoms with Crippen LogP contribution in [0.25, 0.3) is 10.9 Å². The van der Waals surface area contributed by atoms with Crippen LogP contribution in [0.2, 0.25) is 0 Å². The van der Waals surface area contributed by atoms with Gasteiger partial charge in [-0.15, -0.1) is 0 Å². The summed E-state index contributed by atoms with van der Waals surface area (Å²) in [5.41, 5.74) is -0.285. The smallest absolute Gasteiger partial charge is 0.418 e. The van der Waals surface area contributed by atoms with Gasteiger partial charge >= 0.3 is 6.09 Å². The molecule has 1 aliphatic rings. The molecule has 1 aromatic heterocycles. The van der Waals surface area contributed by atoms with Crippen LogP contribution in [0.4, 0.5) is 13.6 Å². The van der Waals surface area contributed by atoms with Crippen molar-refractivity contribution in [2.45, 2.75) is 32.3 Å². The van der Waals surface area contributed by atoms with Crippen LogP contribution >= 0.6 is 0 Å². The van der Waals surface area contributed by atoms with Gasteiger partial charge in [-0.05, 0) is 25.3 Å². The van der Waals surface area contributed by atoms with Crippen molar-refractivity contribution in [3.8, 4) is 5.75 Å². The molecule has 1 heterocycles. The van der Waals surface area contributed by atoms with Crippen LogP contribution in [0.15, 0.2) is 17.1 Å². The number of pyridine rings is 1. The fourth-order valence-electron chi connectivity index (χ4n) is 2.42. The average molecular weight is 323 g/mol. The first-order valence-electron chi connectivity index (χ1n) is 7.29. The minimum absolute atomic E-state index is 0.118. The molecule has 7 heteroatoms. The zero-order valence-corrected chi connectivity index (χ0v) is 12.7. The standard InChI is InChI=1S/C16H15F2NO4/c1-3-8-7-19(16(21)23-9-4-5-9)13-10(14(8)20)6-11(17)12(18)15(13)22-2/h6-7,9H,3-5H2,1-2H3. The zero-order chi connectivity index (χ0) is 16.7. The molecule has 2 aromatic rings. The number of hydrogen-bond acceptors (Lipinski definition) is 4. The van der Waals surface area contributed by atoms with Gasteiger partial charge in [-0.25, -0.2) is 13.8 Å². The molecule has 1 saturated carbocycles. The Bertz CT molecular complexity index is 856. The number of rotatable bonds is 3. The molecule has 0 bridgehead atoms. The number of aromatic nitrogens is 1. The molecule has 0 radical (unpaired) electrons. The van der Waals surface area contributed by atoms with Gasteiger partial charge in [0.05, 0.1) is 12.5 Å². The van der Waals surface area contributed by atoms with Gasteiger partial charge in [0.2, 0.25) is 5.82 Å². The maximum atomic E-state index is 14.0. The maximum absolute atomic E-state index is 14.0. The Morgan fingerprint density at radius 3 is 2.65 bits per heavy atom. The van der Waals surface area contributed by atoms with Gasteiger partial charge in [0, 0.05) is 11.8 Å². The first-order chi connectivity index (χ1) is 11.0. The van der Waals surface area contributed by atoms with Crippen molar-refractivity contribution >= 4 is 17.0 Å². The number of halogens is 2. The van der Waals surface area contributed by atoms with Crippen molar-refractivity contribution < 1.29 is 23.0 Å².